The maximum Gasteiger partial charge on any atom is 0.0471 e. The largest absolute Gasteiger partial charge is 0.396 e. The highest BCUT2D eigenvalue weighted by Crippen LogP contribution is 2.08. The van der Waals surface area contributed by atoms with Crippen LogP contribution < -0.4 is 5.73 Å². The van der Waals surface area contributed by atoms with Gasteiger partial charge in [0.05, 0.1) is 0 Å². The minimum atomic E-state index is 0.231. The molecule has 0 amide bonds. The highest BCUT2D eigenvalue weighted by molar-refractivity contribution is 4.59. The molecule has 0 bridgehead atoms. The molecule has 0 radical (unpaired) electrons. The number of aliphatic hydroxyl groups is 1. The molecule has 9 heavy (non-hydrogen) atoms. The van der Waals surface area contributed by atoms with E-state index in [-0.39, 0.29) is 6.61 Å². The van der Waals surface area contributed by atoms with Crippen LogP contribution in [0.25, 0.3) is 0 Å². The molecule has 0 aliphatic heterocycles. The number of nitrogens with two attached hydrogens (primary N) is 1. The Morgan fingerprint density at radius 3 is 2.11 bits per heavy atom. The maximum atomic E-state index is 8.69. The van der Waals surface area contributed by atoms with Crippen LogP contribution in [-0.4, -0.2) is 18.3 Å². The Bertz CT molecular complexity index is 59.9. The Morgan fingerprint density at radius 2 is 2.00 bits per heavy atom. The summed E-state index contributed by atoms with van der Waals surface area (Å²) in [5.41, 5.74) is 5.37. The molecule has 2 nitrogen and oxygen atoms in total. The van der Waals surface area contributed by atoms with E-state index in [0.29, 0.717) is 18.4 Å². The third-order valence-electron chi connectivity index (χ3n) is 1.40. The van der Waals surface area contributed by atoms with Gasteiger partial charge in [-0.3, -0.25) is 0 Å². The van der Waals surface area contributed by atoms with E-state index in [1.54, 1.807) is 0 Å². The van der Waals surface area contributed by atoms with E-state index in [1.807, 2.05) is 0 Å². The molecule has 0 aromatic heterocycles. The van der Waals surface area contributed by atoms with Gasteiger partial charge in [0.15, 0.2) is 0 Å². The average molecular weight is 131 g/mol. The number of rotatable bonds is 4. The van der Waals surface area contributed by atoms with Crippen molar-refractivity contribution >= 4 is 0 Å². The first kappa shape index (κ1) is 8.92. The molecule has 0 saturated heterocycles. The molecule has 2 heteroatoms. The van der Waals surface area contributed by atoms with Gasteiger partial charge < -0.3 is 10.8 Å². The van der Waals surface area contributed by atoms with Gasteiger partial charge >= 0.3 is 0 Å². The fourth-order valence-corrected chi connectivity index (χ4v) is 0.912. The van der Waals surface area contributed by atoms with Crippen LogP contribution in [0.1, 0.15) is 20.3 Å². The van der Waals surface area contributed by atoms with E-state index in [0.717, 1.165) is 6.42 Å². The van der Waals surface area contributed by atoms with Gasteiger partial charge in [0.25, 0.3) is 0 Å². The van der Waals surface area contributed by atoms with Gasteiger partial charge in [0, 0.05) is 6.61 Å². The molecule has 0 aromatic carbocycles. The second kappa shape index (κ2) is 4.77. The van der Waals surface area contributed by atoms with Gasteiger partial charge in [-0.15, -0.1) is 0 Å². The molecule has 0 heterocycles. The third-order valence-corrected chi connectivity index (χ3v) is 1.40. The van der Waals surface area contributed by atoms with Gasteiger partial charge in [-0.1, -0.05) is 13.8 Å². The Morgan fingerprint density at radius 1 is 1.44 bits per heavy atom. The van der Waals surface area contributed by atoms with Crippen molar-refractivity contribution in [1.82, 2.24) is 0 Å². The molecular weight excluding hydrogens is 114 g/mol. The first-order chi connectivity index (χ1) is 4.20. The molecule has 0 saturated carbocycles. The smallest absolute Gasteiger partial charge is 0.0471 e. The van der Waals surface area contributed by atoms with E-state index in [2.05, 4.69) is 13.8 Å². The summed E-state index contributed by atoms with van der Waals surface area (Å²) in [6.07, 6.45) is 1.03. The van der Waals surface area contributed by atoms with E-state index in [1.165, 1.54) is 0 Å². The zero-order valence-corrected chi connectivity index (χ0v) is 6.30. The topological polar surface area (TPSA) is 46.2 Å². The summed E-state index contributed by atoms with van der Waals surface area (Å²) >= 11 is 0. The minimum Gasteiger partial charge on any atom is -0.396 e. The van der Waals surface area contributed by atoms with Crippen LogP contribution in [0.4, 0.5) is 0 Å². The van der Waals surface area contributed by atoms with Crippen molar-refractivity contribution in [3.8, 4) is 0 Å². The second-order valence-corrected chi connectivity index (χ2v) is 2.91. The van der Waals surface area contributed by atoms with Gasteiger partial charge in [-0.05, 0) is 24.8 Å². The molecule has 0 unspecified atom stereocenters. The lowest BCUT2D eigenvalue weighted by atomic mass is 9.98. The number of aliphatic hydroxyl groups excluding tert-OH is 1. The monoisotopic (exact) mass is 131 g/mol. The number of hydrogen-bond donors (Lipinski definition) is 2. The summed E-state index contributed by atoms with van der Waals surface area (Å²) in [5.74, 6) is 0.954. The molecule has 3 N–H and O–H groups in total. The molecule has 0 spiro atoms. The summed E-state index contributed by atoms with van der Waals surface area (Å²) in [7, 11) is 0. The van der Waals surface area contributed by atoms with Crippen LogP contribution in [0, 0.1) is 11.8 Å². The normalized spacial score (nSPS) is 14.3. The van der Waals surface area contributed by atoms with Gasteiger partial charge in [-0.2, -0.15) is 0 Å². The Hall–Kier alpha value is -0.0800. The highest BCUT2D eigenvalue weighted by Gasteiger charge is 2.05. The van der Waals surface area contributed by atoms with Crippen LogP contribution in [0.2, 0.25) is 0 Å². The van der Waals surface area contributed by atoms with Gasteiger partial charge in [0.1, 0.15) is 0 Å². The minimum absolute atomic E-state index is 0.231. The fraction of sp³-hybridized carbons (Fsp3) is 1.00. The average Bonchev–Trinajstić information content (AvgIpc) is 1.82. The van der Waals surface area contributed by atoms with Gasteiger partial charge in [-0.25, -0.2) is 0 Å². The fourth-order valence-electron chi connectivity index (χ4n) is 0.912. The van der Waals surface area contributed by atoms with Crippen molar-refractivity contribution in [1.29, 1.82) is 0 Å². The molecule has 56 valence electrons. The van der Waals surface area contributed by atoms with Crippen molar-refractivity contribution in [2.24, 2.45) is 17.6 Å². The lowest BCUT2D eigenvalue weighted by molar-refractivity contribution is 0.210. The van der Waals surface area contributed by atoms with Gasteiger partial charge in [0.2, 0.25) is 0 Å². The lowest BCUT2D eigenvalue weighted by Crippen LogP contribution is -2.19. The van der Waals surface area contributed by atoms with E-state index in [9.17, 15) is 0 Å². The summed E-state index contributed by atoms with van der Waals surface area (Å²) in [6.45, 7) is 5.11. The third kappa shape index (κ3) is 4.43. The van der Waals surface area contributed by atoms with Crippen LogP contribution in [0.5, 0.6) is 0 Å². The predicted octanol–water partition coefficient (Wildman–Crippen LogP) is 0.600. The Balaban J connectivity index is 3.31. The molecule has 0 aliphatic carbocycles. The van der Waals surface area contributed by atoms with E-state index >= 15 is 0 Å². The molecule has 0 fully saturated rings. The van der Waals surface area contributed by atoms with E-state index in [4.69, 9.17) is 10.8 Å². The number of hydrogen-bond acceptors (Lipinski definition) is 2. The molecule has 0 aromatic rings. The second-order valence-electron chi connectivity index (χ2n) is 2.91. The highest BCUT2D eigenvalue weighted by atomic mass is 16.3. The summed E-state index contributed by atoms with van der Waals surface area (Å²) < 4.78 is 0. The summed E-state index contributed by atoms with van der Waals surface area (Å²) in [4.78, 5) is 0. The summed E-state index contributed by atoms with van der Waals surface area (Å²) in [5, 5.41) is 8.69. The van der Waals surface area contributed by atoms with Crippen LogP contribution in [0.3, 0.4) is 0 Å². The maximum absolute atomic E-state index is 8.69. The molecule has 0 rings (SSSR count). The predicted molar refractivity (Wildman–Crippen MR) is 39.1 cm³/mol. The Labute approximate surface area is 57.1 Å². The van der Waals surface area contributed by atoms with Crippen molar-refractivity contribution in [2.75, 3.05) is 13.2 Å². The Kier molecular flexibility index (Phi) is 4.72. The van der Waals surface area contributed by atoms with Crippen molar-refractivity contribution in [3.05, 3.63) is 0 Å². The van der Waals surface area contributed by atoms with Crippen LogP contribution in [-0.2, 0) is 0 Å². The van der Waals surface area contributed by atoms with Crippen LogP contribution >= 0.6 is 0 Å². The standard InChI is InChI=1S/C7H17NO/c1-6(2)3-7(4-8)5-9/h6-7,9H,3-5,8H2,1-2H3/t7-/m1/s1. The van der Waals surface area contributed by atoms with Crippen molar-refractivity contribution in [2.45, 2.75) is 20.3 Å². The SMILES string of the molecule is CC(C)C[C@H](CN)CO. The summed E-state index contributed by atoms with van der Waals surface area (Å²) in [6, 6.07) is 0. The lowest BCUT2D eigenvalue weighted by Gasteiger charge is -2.12. The van der Waals surface area contributed by atoms with Crippen molar-refractivity contribution in [3.63, 3.8) is 0 Å². The van der Waals surface area contributed by atoms with Crippen LogP contribution in [0.15, 0.2) is 0 Å². The zero-order valence-electron chi connectivity index (χ0n) is 6.30. The quantitative estimate of drug-likeness (QED) is 0.587. The molecule has 1 atom stereocenters. The molecular formula is C7H17NO. The first-order valence-corrected chi connectivity index (χ1v) is 3.51. The van der Waals surface area contributed by atoms with Crippen molar-refractivity contribution < 1.29 is 5.11 Å². The first-order valence-electron chi connectivity index (χ1n) is 3.51. The molecule has 0 aliphatic rings. The van der Waals surface area contributed by atoms with E-state index < -0.39 is 0 Å². The zero-order chi connectivity index (χ0) is 7.28.